The number of carbonyl (C=O) groups is 1. The number of hydrogen-bond donors (Lipinski definition) is 0. The minimum atomic E-state index is 0.0629. The van der Waals surface area contributed by atoms with E-state index in [1.165, 1.54) is 38.5 Å². The van der Waals surface area contributed by atoms with Crippen LogP contribution in [0.15, 0.2) is 16.5 Å². The van der Waals surface area contributed by atoms with Crippen LogP contribution < -0.4 is 0 Å². The Hall–Kier alpha value is -0.760. The maximum absolute atomic E-state index is 11.7. The monoisotopic (exact) mass is 270 g/mol. The summed E-state index contributed by atoms with van der Waals surface area (Å²) >= 11 is 5.63. The number of carbonyl (C=O) groups excluding carboxylic acids is 1. The summed E-state index contributed by atoms with van der Waals surface area (Å²) in [7, 11) is 0. The molecule has 0 N–H and O–H groups in total. The first kappa shape index (κ1) is 15.3. The van der Waals surface area contributed by atoms with E-state index in [4.69, 9.17) is 16.0 Å². The number of hydrogen-bond acceptors (Lipinski definition) is 2. The summed E-state index contributed by atoms with van der Waals surface area (Å²) < 4.78 is 5.08. The summed E-state index contributed by atoms with van der Waals surface area (Å²) in [6, 6.07) is 3.26. The highest BCUT2D eigenvalue weighted by molar-refractivity contribution is 6.29. The molecule has 102 valence electrons. The zero-order chi connectivity index (χ0) is 13.2. The van der Waals surface area contributed by atoms with Gasteiger partial charge in [-0.15, -0.1) is 0 Å². The Kier molecular flexibility index (Phi) is 7.83. The lowest BCUT2D eigenvalue weighted by atomic mass is 10.1. The second-order valence-electron chi connectivity index (χ2n) is 4.75. The second-order valence-corrected chi connectivity index (χ2v) is 5.12. The van der Waals surface area contributed by atoms with E-state index in [0.717, 1.165) is 12.8 Å². The smallest absolute Gasteiger partial charge is 0.198 e. The van der Waals surface area contributed by atoms with Crippen molar-refractivity contribution < 1.29 is 9.21 Å². The molecule has 0 radical (unpaired) electrons. The van der Waals surface area contributed by atoms with Crippen molar-refractivity contribution in [3.63, 3.8) is 0 Å². The average molecular weight is 271 g/mol. The molecule has 1 rings (SSSR count). The van der Waals surface area contributed by atoms with Gasteiger partial charge in [0.25, 0.3) is 0 Å². The van der Waals surface area contributed by atoms with Gasteiger partial charge in [0.2, 0.25) is 0 Å². The molecule has 0 unspecified atom stereocenters. The molecule has 0 aliphatic carbocycles. The lowest BCUT2D eigenvalue weighted by Gasteiger charge is -2.00. The fourth-order valence-corrected chi connectivity index (χ4v) is 2.15. The second kappa shape index (κ2) is 9.21. The van der Waals surface area contributed by atoms with Crippen molar-refractivity contribution in [3.05, 3.63) is 23.1 Å². The molecule has 18 heavy (non-hydrogen) atoms. The van der Waals surface area contributed by atoms with Crippen LogP contribution in [0.25, 0.3) is 0 Å². The molecule has 0 aliphatic heterocycles. The molecule has 0 saturated heterocycles. The number of unbranched alkanes of at least 4 members (excludes halogenated alkanes) is 7. The third-order valence-electron chi connectivity index (χ3n) is 3.11. The largest absolute Gasteiger partial charge is 0.442 e. The van der Waals surface area contributed by atoms with E-state index in [-0.39, 0.29) is 11.0 Å². The summed E-state index contributed by atoms with van der Waals surface area (Å²) in [5.41, 5.74) is 0. The molecular weight excluding hydrogens is 248 g/mol. The lowest BCUT2D eigenvalue weighted by molar-refractivity contribution is 0.0952. The average Bonchev–Trinajstić information content (AvgIpc) is 2.79. The summed E-state index contributed by atoms with van der Waals surface area (Å²) in [6.45, 7) is 2.23. The molecule has 1 aromatic rings. The van der Waals surface area contributed by atoms with Crippen molar-refractivity contribution in [3.8, 4) is 0 Å². The fraction of sp³-hybridized carbons (Fsp3) is 0.667. The number of ketones is 1. The van der Waals surface area contributed by atoms with Gasteiger partial charge in [-0.25, -0.2) is 0 Å². The predicted octanol–water partition coefficient (Wildman–Crippen LogP) is 5.65. The van der Waals surface area contributed by atoms with Gasteiger partial charge in [0, 0.05) is 6.42 Å². The molecule has 0 bridgehead atoms. The minimum Gasteiger partial charge on any atom is -0.442 e. The van der Waals surface area contributed by atoms with Gasteiger partial charge in [-0.3, -0.25) is 4.79 Å². The SMILES string of the molecule is CCCCCCCCCCC(=O)c1ccc(Cl)o1. The van der Waals surface area contributed by atoms with Crippen LogP contribution >= 0.6 is 11.6 Å². The Balaban J connectivity index is 1.99. The number of halogens is 1. The summed E-state index contributed by atoms with van der Waals surface area (Å²) in [5.74, 6) is 0.454. The first-order valence-corrected chi connectivity index (χ1v) is 7.40. The van der Waals surface area contributed by atoms with Gasteiger partial charge in [0.1, 0.15) is 0 Å². The molecular formula is C15H23ClO2. The Morgan fingerprint density at radius 2 is 1.67 bits per heavy atom. The third-order valence-corrected chi connectivity index (χ3v) is 3.31. The van der Waals surface area contributed by atoms with Crippen molar-refractivity contribution in [1.82, 2.24) is 0 Å². The molecule has 1 aromatic heterocycles. The fourth-order valence-electron chi connectivity index (χ4n) is 2.01. The topological polar surface area (TPSA) is 30.2 Å². The van der Waals surface area contributed by atoms with Gasteiger partial charge in [0.05, 0.1) is 0 Å². The standard InChI is InChI=1S/C15H23ClO2/c1-2-3-4-5-6-7-8-9-10-13(17)14-11-12-15(16)18-14/h11-12H,2-10H2,1H3. The van der Waals surface area contributed by atoms with Gasteiger partial charge in [-0.05, 0) is 30.2 Å². The summed E-state index contributed by atoms with van der Waals surface area (Å²) in [5, 5.41) is 0.286. The minimum absolute atomic E-state index is 0.0629. The zero-order valence-corrected chi connectivity index (χ0v) is 12.0. The normalized spacial score (nSPS) is 10.8. The van der Waals surface area contributed by atoms with Crippen LogP contribution in [0.5, 0.6) is 0 Å². The first-order valence-electron chi connectivity index (χ1n) is 7.02. The van der Waals surface area contributed by atoms with Crippen molar-refractivity contribution in [2.75, 3.05) is 0 Å². The summed E-state index contributed by atoms with van der Waals surface area (Å²) in [4.78, 5) is 11.7. The van der Waals surface area contributed by atoms with E-state index in [2.05, 4.69) is 6.92 Å². The molecule has 0 spiro atoms. The molecule has 2 nitrogen and oxygen atoms in total. The van der Waals surface area contributed by atoms with E-state index >= 15 is 0 Å². The van der Waals surface area contributed by atoms with Crippen LogP contribution in [0.2, 0.25) is 5.22 Å². The lowest BCUT2D eigenvalue weighted by Crippen LogP contribution is -1.96. The van der Waals surface area contributed by atoms with Crippen molar-refractivity contribution >= 4 is 17.4 Å². The van der Waals surface area contributed by atoms with Gasteiger partial charge in [-0.1, -0.05) is 51.9 Å². The maximum atomic E-state index is 11.7. The van der Waals surface area contributed by atoms with E-state index in [9.17, 15) is 4.79 Å². The van der Waals surface area contributed by atoms with E-state index < -0.39 is 0 Å². The highest BCUT2D eigenvalue weighted by atomic mass is 35.5. The van der Waals surface area contributed by atoms with Crippen LogP contribution in [0, 0.1) is 0 Å². The molecule has 0 saturated carbocycles. The number of rotatable bonds is 10. The van der Waals surface area contributed by atoms with Crippen LogP contribution in [-0.4, -0.2) is 5.78 Å². The van der Waals surface area contributed by atoms with Crippen molar-refractivity contribution in [2.45, 2.75) is 64.7 Å². The molecule has 0 amide bonds. The Morgan fingerprint density at radius 1 is 1.06 bits per heavy atom. The zero-order valence-electron chi connectivity index (χ0n) is 11.2. The van der Waals surface area contributed by atoms with Crippen LogP contribution in [0.1, 0.15) is 75.3 Å². The van der Waals surface area contributed by atoms with Gasteiger partial charge < -0.3 is 4.42 Å². The summed E-state index contributed by atoms with van der Waals surface area (Å²) in [6.07, 6.45) is 10.5. The van der Waals surface area contributed by atoms with E-state index in [1.54, 1.807) is 12.1 Å². The van der Waals surface area contributed by atoms with E-state index in [1.807, 2.05) is 0 Å². The van der Waals surface area contributed by atoms with Crippen molar-refractivity contribution in [1.29, 1.82) is 0 Å². The van der Waals surface area contributed by atoms with Crippen LogP contribution in [-0.2, 0) is 0 Å². The highest BCUT2D eigenvalue weighted by Gasteiger charge is 2.09. The molecule has 3 heteroatoms. The Morgan fingerprint density at radius 3 is 2.22 bits per heavy atom. The molecule has 1 heterocycles. The predicted molar refractivity (Wildman–Crippen MR) is 75.3 cm³/mol. The highest BCUT2D eigenvalue weighted by Crippen LogP contribution is 2.16. The molecule has 0 aromatic carbocycles. The number of Topliss-reactive ketones (excluding diaryl/α,β-unsaturated/α-hetero) is 1. The molecule has 0 fully saturated rings. The Bertz CT molecular complexity index is 344. The van der Waals surface area contributed by atoms with E-state index in [0.29, 0.717) is 12.2 Å². The first-order chi connectivity index (χ1) is 8.74. The Labute approximate surface area is 115 Å². The third kappa shape index (κ3) is 6.25. The number of furan rings is 1. The van der Waals surface area contributed by atoms with Crippen LogP contribution in [0.4, 0.5) is 0 Å². The van der Waals surface area contributed by atoms with Crippen molar-refractivity contribution in [2.24, 2.45) is 0 Å². The quantitative estimate of drug-likeness (QED) is 0.406. The van der Waals surface area contributed by atoms with Gasteiger partial charge >= 0.3 is 0 Å². The van der Waals surface area contributed by atoms with Gasteiger partial charge in [-0.2, -0.15) is 0 Å². The maximum Gasteiger partial charge on any atom is 0.198 e. The molecule has 0 aliphatic rings. The molecule has 0 atom stereocenters. The van der Waals surface area contributed by atoms with Gasteiger partial charge in [0.15, 0.2) is 16.8 Å². The van der Waals surface area contributed by atoms with Crippen LogP contribution in [0.3, 0.4) is 0 Å².